The normalized spacial score (nSPS) is 19.0. The maximum Gasteiger partial charge on any atom is 0.224 e. The van der Waals surface area contributed by atoms with Gasteiger partial charge in [0.25, 0.3) is 0 Å². The predicted octanol–water partition coefficient (Wildman–Crippen LogP) is 3.51. The number of anilines is 1. The number of carbonyl (C=O) groups excluding carboxylic acids is 1. The summed E-state index contributed by atoms with van der Waals surface area (Å²) in [7, 11) is -0.958. The monoisotopic (exact) mass is 311 g/mol. The zero-order valence-corrected chi connectivity index (χ0v) is 13.0. The van der Waals surface area contributed by atoms with E-state index in [1.54, 1.807) is 24.5 Å². The highest BCUT2D eigenvalue weighted by molar-refractivity contribution is 7.83. The minimum atomic E-state index is -0.958. The van der Waals surface area contributed by atoms with E-state index in [0.29, 0.717) is 28.8 Å². The zero-order valence-electron chi connectivity index (χ0n) is 11.4. The highest BCUT2D eigenvalue weighted by Crippen LogP contribution is 2.24. The van der Waals surface area contributed by atoms with Gasteiger partial charge in [-0.15, -0.1) is 0 Å². The number of halogens is 1. The Bertz CT molecular complexity index is 557. The van der Waals surface area contributed by atoms with Gasteiger partial charge in [-0.05, 0) is 42.5 Å². The minimum absolute atomic E-state index is 0.00689. The van der Waals surface area contributed by atoms with Crippen molar-refractivity contribution in [1.29, 1.82) is 0 Å². The molecule has 20 heavy (non-hydrogen) atoms. The Hall–Kier alpha value is -1.13. The van der Waals surface area contributed by atoms with Crippen LogP contribution in [0.3, 0.4) is 0 Å². The lowest BCUT2D eigenvalue weighted by molar-refractivity contribution is -0.116. The fourth-order valence-electron chi connectivity index (χ4n) is 2.30. The fourth-order valence-corrected chi connectivity index (χ4v) is 3.24. The second kappa shape index (κ2) is 7.04. The van der Waals surface area contributed by atoms with Gasteiger partial charge in [0, 0.05) is 39.9 Å². The van der Waals surface area contributed by atoms with Crippen LogP contribution in [-0.2, 0) is 21.3 Å². The molecule has 1 amide bonds. The van der Waals surface area contributed by atoms with E-state index >= 15 is 0 Å². The first-order valence-electron chi connectivity index (χ1n) is 6.59. The highest BCUT2D eigenvalue weighted by Gasteiger charge is 2.14. The van der Waals surface area contributed by atoms with Gasteiger partial charge in [0.05, 0.1) is 0 Å². The molecule has 0 bridgehead atoms. The highest BCUT2D eigenvalue weighted by atomic mass is 35.5. The molecule has 0 fully saturated rings. The first-order valence-corrected chi connectivity index (χ1v) is 8.70. The summed E-state index contributed by atoms with van der Waals surface area (Å²) in [5.41, 5.74) is 1.51. The van der Waals surface area contributed by atoms with E-state index in [9.17, 15) is 9.00 Å². The van der Waals surface area contributed by atoms with Crippen LogP contribution >= 0.6 is 11.6 Å². The first-order chi connectivity index (χ1) is 9.54. The van der Waals surface area contributed by atoms with Crippen molar-refractivity contribution in [1.82, 2.24) is 0 Å². The average Bonchev–Trinajstić information content (AvgIpc) is 2.85. The van der Waals surface area contributed by atoms with Crippen molar-refractivity contribution >= 4 is 34.0 Å². The Balaban J connectivity index is 1.99. The van der Waals surface area contributed by atoms with Crippen LogP contribution in [0.15, 0.2) is 30.4 Å². The quantitative estimate of drug-likeness (QED) is 0.846. The molecule has 0 aromatic heterocycles. The van der Waals surface area contributed by atoms with Crippen molar-refractivity contribution in [2.75, 3.05) is 11.6 Å². The van der Waals surface area contributed by atoms with Gasteiger partial charge in [0.1, 0.15) is 0 Å². The van der Waals surface area contributed by atoms with Gasteiger partial charge in [-0.2, -0.15) is 0 Å². The molecule has 0 saturated heterocycles. The number of amides is 1. The molecule has 108 valence electrons. The van der Waals surface area contributed by atoms with E-state index in [0.717, 1.165) is 18.4 Å². The minimum Gasteiger partial charge on any atom is -0.326 e. The summed E-state index contributed by atoms with van der Waals surface area (Å²) in [5, 5.41) is 3.46. The SMILES string of the molecule is C[S@](=O)Cc1cc(NC(=O)C[C@@H]2C=CCC2)ccc1Cl. The molecule has 1 aromatic carbocycles. The molecule has 0 aliphatic heterocycles. The van der Waals surface area contributed by atoms with E-state index in [1.807, 2.05) is 0 Å². The molecule has 2 atom stereocenters. The molecule has 2 rings (SSSR count). The third kappa shape index (κ3) is 4.46. The number of benzene rings is 1. The van der Waals surface area contributed by atoms with Crippen molar-refractivity contribution in [2.24, 2.45) is 5.92 Å². The second-order valence-corrected chi connectivity index (χ2v) is 6.88. The molecule has 0 radical (unpaired) electrons. The van der Waals surface area contributed by atoms with Gasteiger partial charge in [-0.25, -0.2) is 0 Å². The molecule has 1 aliphatic rings. The summed E-state index contributed by atoms with van der Waals surface area (Å²) in [5.74, 6) is 0.755. The molecular weight excluding hydrogens is 294 g/mol. The first kappa shape index (κ1) is 15.3. The number of rotatable bonds is 5. The summed E-state index contributed by atoms with van der Waals surface area (Å²) < 4.78 is 11.3. The molecule has 1 aromatic rings. The Morgan fingerprint density at radius 3 is 2.95 bits per heavy atom. The maximum atomic E-state index is 11.9. The lowest BCUT2D eigenvalue weighted by atomic mass is 10.0. The average molecular weight is 312 g/mol. The second-order valence-electron chi connectivity index (χ2n) is 5.04. The third-order valence-corrected chi connectivity index (χ3v) is 4.33. The number of carbonyl (C=O) groups is 1. The van der Waals surface area contributed by atoms with Crippen molar-refractivity contribution in [3.63, 3.8) is 0 Å². The molecule has 1 N–H and O–H groups in total. The predicted molar refractivity (Wildman–Crippen MR) is 84.3 cm³/mol. The number of hydrogen-bond donors (Lipinski definition) is 1. The maximum absolute atomic E-state index is 11.9. The number of allylic oxidation sites excluding steroid dienone is 2. The van der Waals surface area contributed by atoms with Crippen LogP contribution in [0.4, 0.5) is 5.69 Å². The zero-order chi connectivity index (χ0) is 14.5. The Morgan fingerprint density at radius 2 is 2.30 bits per heavy atom. The largest absolute Gasteiger partial charge is 0.326 e. The Labute approximate surface area is 126 Å². The number of hydrogen-bond acceptors (Lipinski definition) is 2. The molecule has 0 saturated carbocycles. The summed E-state index contributed by atoms with van der Waals surface area (Å²) in [4.78, 5) is 11.9. The Morgan fingerprint density at radius 1 is 1.50 bits per heavy atom. The lowest BCUT2D eigenvalue weighted by Crippen LogP contribution is -2.15. The molecule has 5 heteroatoms. The smallest absolute Gasteiger partial charge is 0.224 e. The molecule has 0 spiro atoms. The fraction of sp³-hybridized carbons (Fsp3) is 0.400. The van der Waals surface area contributed by atoms with Crippen molar-refractivity contribution in [3.05, 3.63) is 40.9 Å². The van der Waals surface area contributed by atoms with Crippen molar-refractivity contribution in [3.8, 4) is 0 Å². The van der Waals surface area contributed by atoms with E-state index in [4.69, 9.17) is 11.6 Å². The van der Waals surface area contributed by atoms with Crippen LogP contribution in [-0.4, -0.2) is 16.4 Å². The van der Waals surface area contributed by atoms with Crippen LogP contribution in [0, 0.1) is 5.92 Å². The van der Waals surface area contributed by atoms with E-state index in [2.05, 4.69) is 17.5 Å². The summed E-state index contributed by atoms with van der Waals surface area (Å²) >= 11 is 6.06. The molecule has 1 aliphatic carbocycles. The lowest BCUT2D eigenvalue weighted by Gasteiger charge is -2.10. The van der Waals surface area contributed by atoms with Crippen LogP contribution < -0.4 is 5.32 Å². The van der Waals surface area contributed by atoms with E-state index in [1.165, 1.54) is 0 Å². The van der Waals surface area contributed by atoms with Crippen molar-refractivity contribution < 1.29 is 9.00 Å². The van der Waals surface area contributed by atoms with Gasteiger partial charge in [-0.3, -0.25) is 9.00 Å². The molecule has 0 unspecified atom stereocenters. The summed E-state index contributed by atoms with van der Waals surface area (Å²) in [6.07, 6.45) is 8.48. The van der Waals surface area contributed by atoms with Crippen LogP contribution in [0.25, 0.3) is 0 Å². The van der Waals surface area contributed by atoms with Gasteiger partial charge in [-0.1, -0.05) is 23.8 Å². The van der Waals surface area contributed by atoms with E-state index in [-0.39, 0.29) is 5.91 Å². The van der Waals surface area contributed by atoms with Gasteiger partial charge < -0.3 is 5.32 Å². The van der Waals surface area contributed by atoms with Crippen molar-refractivity contribution in [2.45, 2.75) is 25.0 Å². The summed E-state index contributed by atoms with van der Waals surface area (Å²) in [6.45, 7) is 0. The molecular formula is C15H18ClNO2S. The van der Waals surface area contributed by atoms with Gasteiger partial charge >= 0.3 is 0 Å². The van der Waals surface area contributed by atoms with E-state index < -0.39 is 10.8 Å². The molecule has 0 heterocycles. The van der Waals surface area contributed by atoms with Crippen LogP contribution in [0.5, 0.6) is 0 Å². The third-order valence-electron chi connectivity index (χ3n) is 3.25. The topological polar surface area (TPSA) is 46.2 Å². The number of nitrogens with one attached hydrogen (secondary N) is 1. The van der Waals surface area contributed by atoms with Gasteiger partial charge in [0.15, 0.2) is 0 Å². The van der Waals surface area contributed by atoms with Crippen LogP contribution in [0.1, 0.15) is 24.8 Å². The van der Waals surface area contributed by atoms with Gasteiger partial charge in [0.2, 0.25) is 5.91 Å². The Kier molecular flexibility index (Phi) is 5.38. The van der Waals surface area contributed by atoms with Crippen LogP contribution in [0.2, 0.25) is 5.02 Å². The standard InChI is InChI=1S/C15H18ClNO2S/c1-20(19)10-12-9-13(6-7-14(12)16)17-15(18)8-11-4-2-3-5-11/h2,4,6-7,9,11H,3,5,8,10H2,1H3,(H,17,18)/t11-,20+/m1/s1. The summed E-state index contributed by atoms with van der Waals surface area (Å²) in [6, 6.07) is 5.30. The molecule has 3 nitrogen and oxygen atoms in total.